The lowest BCUT2D eigenvalue weighted by Gasteiger charge is -2.28. The largest absolute Gasteiger partial charge is 0.487 e. The van der Waals surface area contributed by atoms with E-state index in [0.29, 0.717) is 16.7 Å². The molecule has 3 aromatic rings. The average molecular weight is 387 g/mol. The summed E-state index contributed by atoms with van der Waals surface area (Å²) < 4.78 is 6.06. The zero-order chi connectivity index (χ0) is 17.9. The Morgan fingerprint density at radius 1 is 0.923 bits per heavy atom. The summed E-state index contributed by atoms with van der Waals surface area (Å²) in [6.45, 7) is 2.57. The summed E-state index contributed by atoms with van der Waals surface area (Å²) in [5, 5.41) is 2.17. The molecule has 1 saturated heterocycles. The molecular formula is C21H20Cl2N2O. The summed E-state index contributed by atoms with van der Waals surface area (Å²) in [6, 6.07) is 15.8. The lowest BCUT2D eigenvalue weighted by atomic mass is 10.1. The van der Waals surface area contributed by atoms with Crippen molar-refractivity contribution in [1.82, 2.24) is 4.98 Å². The van der Waals surface area contributed by atoms with E-state index in [9.17, 15) is 0 Å². The molecule has 0 amide bonds. The second-order valence-corrected chi connectivity index (χ2v) is 7.40. The van der Waals surface area contributed by atoms with Crippen molar-refractivity contribution in [1.29, 1.82) is 0 Å². The number of hydrogen-bond donors (Lipinski definition) is 0. The van der Waals surface area contributed by atoms with Crippen molar-refractivity contribution in [2.45, 2.75) is 25.9 Å². The van der Waals surface area contributed by atoms with Crippen LogP contribution in [0.15, 0.2) is 48.5 Å². The Bertz CT molecular complexity index is 923. The fourth-order valence-corrected chi connectivity index (χ4v) is 3.64. The van der Waals surface area contributed by atoms with E-state index in [1.165, 1.54) is 19.3 Å². The molecule has 0 bridgehead atoms. The maximum atomic E-state index is 6.09. The topological polar surface area (TPSA) is 25.4 Å². The van der Waals surface area contributed by atoms with Crippen molar-refractivity contribution in [2.75, 3.05) is 18.0 Å². The minimum atomic E-state index is 0.422. The van der Waals surface area contributed by atoms with E-state index >= 15 is 0 Å². The normalized spacial score (nSPS) is 14.6. The maximum absolute atomic E-state index is 6.09. The van der Waals surface area contributed by atoms with Gasteiger partial charge in [-0.25, -0.2) is 4.98 Å². The SMILES string of the molecule is Clc1ccc(COc2cccc3ccc(N4CCCCC4)nc23)cc1Cl. The Hall–Kier alpha value is -1.97. The Labute approximate surface area is 163 Å². The van der Waals surface area contributed by atoms with E-state index < -0.39 is 0 Å². The van der Waals surface area contributed by atoms with Gasteiger partial charge in [0.1, 0.15) is 23.7 Å². The molecule has 0 saturated carbocycles. The Balaban J connectivity index is 1.60. The summed E-state index contributed by atoms with van der Waals surface area (Å²) in [5.74, 6) is 1.82. The highest BCUT2D eigenvalue weighted by atomic mass is 35.5. The number of rotatable bonds is 4. The number of aromatic nitrogens is 1. The van der Waals surface area contributed by atoms with Crippen LogP contribution in [0, 0.1) is 0 Å². The van der Waals surface area contributed by atoms with Crippen molar-refractivity contribution in [3.63, 3.8) is 0 Å². The predicted octanol–water partition coefficient (Wildman–Crippen LogP) is 6.11. The first-order valence-electron chi connectivity index (χ1n) is 8.92. The first-order chi connectivity index (χ1) is 12.7. The molecule has 2 heterocycles. The van der Waals surface area contributed by atoms with Gasteiger partial charge in [-0.05, 0) is 55.2 Å². The van der Waals surface area contributed by atoms with Crippen molar-refractivity contribution in [3.05, 3.63) is 64.1 Å². The molecule has 0 atom stereocenters. The second kappa shape index (κ2) is 7.73. The predicted molar refractivity (Wildman–Crippen MR) is 109 cm³/mol. The smallest absolute Gasteiger partial charge is 0.146 e. The Morgan fingerprint density at radius 3 is 2.58 bits per heavy atom. The molecule has 1 aliphatic rings. The van der Waals surface area contributed by atoms with E-state index in [2.05, 4.69) is 23.1 Å². The number of benzene rings is 2. The highest BCUT2D eigenvalue weighted by Crippen LogP contribution is 2.29. The molecule has 1 fully saturated rings. The van der Waals surface area contributed by atoms with Crippen LogP contribution in [0.2, 0.25) is 10.0 Å². The number of nitrogens with zero attached hydrogens (tertiary/aromatic N) is 2. The average Bonchev–Trinajstić information content (AvgIpc) is 2.69. The number of fused-ring (bicyclic) bond motifs is 1. The van der Waals surface area contributed by atoms with Crippen LogP contribution >= 0.6 is 23.2 Å². The van der Waals surface area contributed by atoms with Gasteiger partial charge in [0.05, 0.1) is 10.0 Å². The minimum Gasteiger partial charge on any atom is -0.487 e. The van der Waals surface area contributed by atoms with Gasteiger partial charge < -0.3 is 9.64 Å². The lowest BCUT2D eigenvalue weighted by Crippen LogP contribution is -2.30. The molecule has 4 rings (SSSR count). The molecule has 0 spiro atoms. The van der Waals surface area contributed by atoms with Crippen molar-refractivity contribution in [3.8, 4) is 5.75 Å². The van der Waals surface area contributed by atoms with Crippen molar-refractivity contribution < 1.29 is 4.74 Å². The number of hydrogen-bond acceptors (Lipinski definition) is 3. The van der Waals surface area contributed by atoms with Gasteiger partial charge in [0, 0.05) is 18.5 Å². The zero-order valence-corrected chi connectivity index (χ0v) is 15.9. The lowest BCUT2D eigenvalue weighted by molar-refractivity contribution is 0.309. The first-order valence-corrected chi connectivity index (χ1v) is 9.68. The van der Waals surface area contributed by atoms with Crippen LogP contribution in [0.1, 0.15) is 24.8 Å². The molecule has 1 aromatic heterocycles. The monoisotopic (exact) mass is 386 g/mol. The standard InChI is InChI=1S/C21H20Cl2N2O/c22-17-9-7-15(13-18(17)23)14-26-19-6-4-5-16-8-10-20(24-21(16)19)25-11-2-1-3-12-25/h4-10,13H,1-3,11-12,14H2. The van der Waals surface area contributed by atoms with Gasteiger partial charge in [0.2, 0.25) is 0 Å². The molecule has 3 nitrogen and oxygen atoms in total. The molecule has 5 heteroatoms. The quantitative estimate of drug-likeness (QED) is 0.540. The van der Waals surface area contributed by atoms with Gasteiger partial charge >= 0.3 is 0 Å². The zero-order valence-electron chi connectivity index (χ0n) is 14.4. The molecule has 2 aromatic carbocycles. The Kier molecular flexibility index (Phi) is 5.18. The van der Waals surface area contributed by atoms with Crippen LogP contribution in [-0.4, -0.2) is 18.1 Å². The number of ether oxygens (including phenoxy) is 1. The number of piperidine rings is 1. The highest BCUT2D eigenvalue weighted by molar-refractivity contribution is 6.42. The van der Waals surface area contributed by atoms with Crippen molar-refractivity contribution >= 4 is 39.9 Å². The molecule has 26 heavy (non-hydrogen) atoms. The van der Waals surface area contributed by atoms with E-state index in [4.69, 9.17) is 32.9 Å². The number of pyridine rings is 1. The summed E-state index contributed by atoms with van der Waals surface area (Å²) >= 11 is 12.1. The van der Waals surface area contributed by atoms with Gasteiger partial charge in [-0.2, -0.15) is 0 Å². The van der Waals surface area contributed by atoms with Gasteiger partial charge in [-0.15, -0.1) is 0 Å². The molecule has 0 unspecified atom stereocenters. The summed E-state index contributed by atoms with van der Waals surface area (Å²) in [5.41, 5.74) is 1.87. The van der Waals surface area contributed by atoms with E-state index in [0.717, 1.165) is 41.1 Å². The molecular weight excluding hydrogens is 367 g/mol. The van der Waals surface area contributed by atoms with E-state index in [1.807, 2.05) is 24.3 Å². The molecule has 0 radical (unpaired) electrons. The molecule has 134 valence electrons. The van der Waals surface area contributed by atoms with Crippen LogP contribution in [0.3, 0.4) is 0 Å². The van der Waals surface area contributed by atoms with Crippen LogP contribution in [0.25, 0.3) is 10.9 Å². The second-order valence-electron chi connectivity index (χ2n) is 6.58. The van der Waals surface area contributed by atoms with Crippen molar-refractivity contribution in [2.24, 2.45) is 0 Å². The van der Waals surface area contributed by atoms with Crippen LogP contribution in [-0.2, 0) is 6.61 Å². The summed E-state index contributed by atoms with van der Waals surface area (Å²) in [4.78, 5) is 7.26. The first kappa shape index (κ1) is 17.4. The third kappa shape index (κ3) is 3.74. The highest BCUT2D eigenvalue weighted by Gasteiger charge is 2.14. The molecule has 0 N–H and O–H groups in total. The summed E-state index contributed by atoms with van der Waals surface area (Å²) in [6.07, 6.45) is 3.77. The van der Waals surface area contributed by atoms with Gasteiger partial charge in [-0.1, -0.05) is 41.4 Å². The van der Waals surface area contributed by atoms with Crippen LogP contribution < -0.4 is 9.64 Å². The molecule has 0 aliphatic carbocycles. The van der Waals surface area contributed by atoms with Crippen LogP contribution in [0.5, 0.6) is 5.75 Å². The fraction of sp³-hybridized carbons (Fsp3) is 0.286. The molecule has 1 aliphatic heterocycles. The maximum Gasteiger partial charge on any atom is 0.146 e. The van der Waals surface area contributed by atoms with Gasteiger partial charge in [-0.3, -0.25) is 0 Å². The number of para-hydroxylation sites is 1. The van der Waals surface area contributed by atoms with Crippen LogP contribution in [0.4, 0.5) is 5.82 Å². The minimum absolute atomic E-state index is 0.422. The number of halogens is 2. The third-order valence-electron chi connectivity index (χ3n) is 4.73. The van der Waals surface area contributed by atoms with E-state index in [-0.39, 0.29) is 0 Å². The van der Waals surface area contributed by atoms with Gasteiger partial charge in [0.25, 0.3) is 0 Å². The van der Waals surface area contributed by atoms with Gasteiger partial charge in [0.15, 0.2) is 0 Å². The Morgan fingerprint density at radius 2 is 1.77 bits per heavy atom. The summed E-state index contributed by atoms with van der Waals surface area (Å²) in [7, 11) is 0. The van der Waals surface area contributed by atoms with E-state index in [1.54, 1.807) is 6.07 Å². The fourth-order valence-electron chi connectivity index (χ4n) is 3.32. The number of anilines is 1. The third-order valence-corrected chi connectivity index (χ3v) is 5.47.